The van der Waals surface area contributed by atoms with Crippen LogP contribution < -0.4 is 5.73 Å². The summed E-state index contributed by atoms with van der Waals surface area (Å²) in [6.45, 7) is 2.88. The van der Waals surface area contributed by atoms with Crippen molar-refractivity contribution in [1.82, 2.24) is 4.98 Å². The molecule has 0 aliphatic rings. The molecule has 0 bridgehead atoms. The van der Waals surface area contributed by atoms with Gasteiger partial charge in [-0.3, -0.25) is 0 Å². The lowest BCUT2D eigenvalue weighted by Crippen LogP contribution is -1.98. The van der Waals surface area contributed by atoms with E-state index in [1.54, 1.807) is 11.3 Å². The molecular formula is C14H18N2S. The topological polar surface area (TPSA) is 38.9 Å². The fourth-order valence-corrected chi connectivity index (χ4v) is 2.63. The number of hydrogen-bond acceptors (Lipinski definition) is 3. The molecule has 90 valence electrons. The van der Waals surface area contributed by atoms with Crippen LogP contribution >= 0.6 is 11.3 Å². The molecule has 0 atom stereocenters. The smallest absolute Gasteiger partial charge is 0.0932 e. The first-order chi connectivity index (χ1) is 8.29. The van der Waals surface area contributed by atoms with Crippen LogP contribution in [0.4, 0.5) is 0 Å². The molecule has 1 heterocycles. The van der Waals surface area contributed by atoms with Crippen molar-refractivity contribution < 1.29 is 0 Å². The molecular weight excluding hydrogens is 228 g/mol. The summed E-state index contributed by atoms with van der Waals surface area (Å²) in [6, 6.07) is 8.49. The quantitative estimate of drug-likeness (QED) is 0.821. The van der Waals surface area contributed by atoms with Crippen molar-refractivity contribution in [2.75, 3.05) is 6.54 Å². The standard InChI is InChI=1S/C14H18N2S/c1-11-5-4-6-12(9-11)13-10-17-14(16-13)7-2-3-8-15/h4-6,9-10H,2-3,7-8,15H2,1H3. The van der Waals surface area contributed by atoms with Gasteiger partial charge in [0.1, 0.15) is 0 Å². The van der Waals surface area contributed by atoms with Gasteiger partial charge in [0.05, 0.1) is 10.7 Å². The number of benzene rings is 1. The van der Waals surface area contributed by atoms with E-state index in [1.807, 2.05) is 0 Å². The van der Waals surface area contributed by atoms with Gasteiger partial charge in [0, 0.05) is 10.9 Å². The third-order valence-electron chi connectivity index (χ3n) is 2.71. The number of nitrogens with zero attached hydrogens (tertiary/aromatic N) is 1. The molecule has 0 radical (unpaired) electrons. The van der Waals surface area contributed by atoms with Crippen LogP contribution in [0.1, 0.15) is 23.4 Å². The number of aromatic nitrogens is 1. The SMILES string of the molecule is Cc1cccc(-c2csc(CCCCN)n2)c1. The summed E-state index contributed by atoms with van der Waals surface area (Å²) in [5.41, 5.74) is 9.08. The summed E-state index contributed by atoms with van der Waals surface area (Å²) in [7, 11) is 0. The highest BCUT2D eigenvalue weighted by molar-refractivity contribution is 7.09. The largest absolute Gasteiger partial charge is 0.330 e. The highest BCUT2D eigenvalue weighted by Crippen LogP contribution is 2.23. The van der Waals surface area contributed by atoms with Crippen molar-refractivity contribution in [3.05, 3.63) is 40.2 Å². The van der Waals surface area contributed by atoms with E-state index < -0.39 is 0 Å². The number of nitrogens with two attached hydrogens (primary N) is 1. The molecule has 2 rings (SSSR count). The Bertz CT molecular complexity index is 477. The summed E-state index contributed by atoms with van der Waals surface area (Å²) in [5.74, 6) is 0. The Balaban J connectivity index is 2.07. The number of rotatable bonds is 5. The molecule has 0 unspecified atom stereocenters. The van der Waals surface area contributed by atoms with E-state index in [4.69, 9.17) is 5.73 Å². The monoisotopic (exact) mass is 246 g/mol. The molecule has 0 aliphatic heterocycles. The number of unbranched alkanes of at least 4 members (excludes halogenated alkanes) is 1. The molecule has 1 aromatic carbocycles. The Labute approximate surface area is 107 Å². The Hall–Kier alpha value is -1.19. The van der Waals surface area contributed by atoms with Crippen molar-refractivity contribution in [2.45, 2.75) is 26.2 Å². The highest BCUT2D eigenvalue weighted by atomic mass is 32.1. The second kappa shape index (κ2) is 5.94. The van der Waals surface area contributed by atoms with Gasteiger partial charge in [0.2, 0.25) is 0 Å². The third kappa shape index (κ3) is 3.38. The highest BCUT2D eigenvalue weighted by Gasteiger charge is 2.04. The molecule has 17 heavy (non-hydrogen) atoms. The van der Waals surface area contributed by atoms with Crippen LogP contribution in [-0.4, -0.2) is 11.5 Å². The molecule has 0 saturated heterocycles. The third-order valence-corrected chi connectivity index (χ3v) is 3.62. The Morgan fingerprint density at radius 1 is 1.29 bits per heavy atom. The first-order valence-electron chi connectivity index (χ1n) is 6.01. The fraction of sp³-hybridized carbons (Fsp3) is 0.357. The normalized spacial score (nSPS) is 10.7. The maximum atomic E-state index is 5.49. The maximum Gasteiger partial charge on any atom is 0.0932 e. The minimum absolute atomic E-state index is 0.774. The lowest BCUT2D eigenvalue weighted by molar-refractivity contribution is 0.742. The molecule has 3 heteroatoms. The predicted octanol–water partition coefficient (Wildman–Crippen LogP) is 3.40. The Morgan fingerprint density at radius 2 is 2.18 bits per heavy atom. The molecule has 0 fully saturated rings. The van der Waals surface area contributed by atoms with Crippen LogP contribution in [0.25, 0.3) is 11.3 Å². The van der Waals surface area contributed by atoms with E-state index in [2.05, 4.69) is 41.6 Å². The molecule has 0 aliphatic carbocycles. The van der Waals surface area contributed by atoms with Crippen molar-refractivity contribution in [3.63, 3.8) is 0 Å². The van der Waals surface area contributed by atoms with Gasteiger partial charge in [-0.05, 0) is 38.8 Å². The minimum atomic E-state index is 0.774. The summed E-state index contributed by atoms with van der Waals surface area (Å²) >= 11 is 1.75. The van der Waals surface area contributed by atoms with Crippen LogP contribution in [0.3, 0.4) is 0 Å². The van der Waals surface area contributed by atoms with Crippen molar-refractivity contribution >= 4 is 11.3 Å². The molecule has 1 aromatic heterocycles. The van der Waals surface area contributed by atoms with Gasteiger partial charge in [-0.15, -0.1) is 11.3 Å². The van der Waals surface area contributed by atoms with Crippen LogP contribution in [0.15, 0.2) is 29.6 Å². The van der Waals surface area contributed by atoms with Gasteiger partial charge in [-0.2, -0.15) is 0 Å². The number of aryl methyl sites for hydroxylation is 2. The van der Waals surface area contributed by atoms with Gasteiger partial charge in [-0.25, -0.2) is 4.98 Å². The van der Waals surface area contributed by atoms with Crippen LogP contribution in [0, 0.1) is 6.92 Å². The number of hydrogen-bond donors (Lipinski definition) is 1. The van der Waals surface area contributed by atoms with Gasteiger partial charge in [0.25, 0.3) is 0 Å². The average Bonchev–Trinajstić information content (AvgIpc) is 2.78. The minimum Gasteiger partial charge on any atom is -0.330 e. The lowest BCUT2D eigenvalue weighted by atomic mass is 10.1. The van der Waals surface area contributed by atoms with Crippen LogP contribution in [0.2, 0.25) is 0 Å². The summed E-state index contributed by atoms with van der Waals surface area (Å²) in [4.78, 5) is 4.67. The second-order valence-corrected chi connectivity index (χ2v) is 5.18. The molecule has 0 spiro atoms. The zero-order chi connectivity index (χ0) is 12.1. The zero-order valence-corrected chi connectivity index (χ0v) is 11.0. The molecule has 0 saturated carbocycles. The second-order valence-electron chi connectivity index (χ2n) is 4.24. The van der Waals surface area contributed by atoms with E-state index >= 15 is 0 Å². The lowest BCUT2D eigenvalue weighted by Gasteiger charge is -1.98. The van der Waals surface area contributed by atoms with E-state index in [9.17, 15) is 0 Å². The first-order valence-corrected chi connectivity index (χ1v) is 6.89. The number of thiazole rings is 1. The van der Waals surface area contributed by atoms with E-state index in [0.717, 1.165) is 31.5 Å². The molecule has 0 amide bonds. The van der Waals surface area contributed by atoms with Gasteiger partial charge >= 0.3 is 0 Å². The summed E-state index contributed by atoms with van der Waals surface area (Å²) in [6.07, 6.45) is 3.27. The van der Waals surface area contributed by atoms with E-state index in [0.29, 0.717) is 0 Å². The van der Waals surface area contributed by atoms with Gasteiger partial charge in [-0.1, -0.05) is 23.8 Å². The van der Waals surface area contributed by atoms with Crippen molar-refractivity contribution in [2.24, 2.45) is 5.73 Å². The average molecular weight is 246 g/mol. The van der Waals surface area contributed by atoms with E-state index in [1.165, 1.54) is 16.1 Å². The first kappa shape index (κ1) is 12.3. The van der Waals surface area contributed by atoms with Crippen molar-refractivity contribution in [1.29, 1.82) is 0 Å². The van der Waals surface area contributed by atoms with Crippen LogP contribution in [0.5, 0.6) is 0 Å². The van der Waals surface area contributed by atoms with Gasteiger partial charge < -0.3 is 5.73 Å². The maximum absolute atomic E-state index is 5.49. The fourth-order valence-electron chi connectivity index (χ4n) is 1.78. The van der Waals surface area contributed by atoms with Crippen LogP contribution in [-0.2, 0) is 6.42 Å². The zero-order valence-electron chi connectivity index (χ0n) is 10.1. The van der Waals surface area contributed by atoms with Gasteiger partial charge in [0.15, 0.2) is 0 Å². The molecule has 2 aromatic rings. The molecule has 2 N–H and O–H groups in total. The Morgan fingerprint density at radius 3 is 2.94 bits per heavy atom. The van der Waals surface area contributed by atoms with E-state index in [-0.39, 0.29) is 0 Å². The van der Waals surface area contributed by atoms with Crippen molar-refractivity contribution in [3.8, 4) is 11.3 Å². The molecule has 2 nitrogen and oxygen atoms in total. The Kier molecular flexibility index (Phi) is 4.29. The predicted molar refractivity (Wildman–Crippen MR) is 74.3 cm³/mol. The summed E-state index contributed by atoms with van der Waals surface area (Å²) in [5, 5.41) is 3.36. The summed E-state index contributed by atoms with van der Waals surface area (Å²) < 4.78 is 0.